The highest BCUT2D eigenvalue weighted by Crippen LogP contribution is 2.41. The van der Waals surface area contributed by atoms with E-state index in [1.54, 1.807) is 21.3 Å². The summed E-state index contributed by atoms with van der Waals surface area (Å²) in [5.74, 6) is 2.83. The summed E-state index contributed by atoms with van der Waals surface area (Å²) in [7, 11) is 4.88. The number of ether oxygens (including phenoxy) is 3. The fourth-order valence-corrected chi connectivity index (χ4v) is 2.42. The molecule has 1 aliphatic carbocycles. The first-order chi connectivity index (χ1) is 8.67. The van der Waals surface area contributed by atoms with Gasteiger partial charge in [0.05, 0.1) is 21.3 Å². The quantitative estimate of drug-likeness (QED) is 0.873. The number of methoxy groups -OCH3 is 3. The molecule has 0 aromatic heterocycles. The molecule has 0 bridgehead atoms. The lowest BCUT2D eigenvalue weighted by Gasteiger charge is -2.34. The molecule has 1 fully saturated rings. The molecule has 1 aliphatic rings. The van der Waals surface area contributed by atoms with E-state index in [0.29, 0.717) is 23.3 Å². The van der Waals surface area contributed by atoms with Crippen LogP contribution in [0.1, 0.15) is 19.8 Å². The van der Waals surface area contributed by atoms with Crippen molar-refractivity contribution in [1.82, 2.24) is 0 Å². The van der Waals surface area contributed by atoms with Crippen LogP contribution in [0, 0.1) is 5.92 Å². The van der Waals surface area contributed by atoms with E-state index < -0.39 is 0 Å². The largest absolute Gasteiger partial charge is 0.493 e. The van der Waals surface area contributed by atoms with Crippen LogP contribution in [0.2, 0.25) is 0 Å². The van der Waals surface area contributed by atoms with Crippen molar-refractivity contribution < 1.29 is 14.2 Å². The Bertz CT molecular complexity index is 388. The van der Waals surface area contributed by atoms with Gasteiger partial charge in [-0.25, -0.2) is 0 Å². The van der Waals surface area contributed by atoms with Gasteiger partial charge in [0.2, 0.25) is 5.75 Å². The summed E-state index contributed by atoms with van der Waals surface area (Å²) < 4.78 is 16.0. The third kappa shape index (κ3) is 2.47. The lowest BCUT2D eigenvalue weighted by atomic mass is 9.82. The standard InChI is InChI=1S/C14H21NO3/c1-9-5-10(6-9)15-11-7-12(16-2)14(18-4)13(8-11)17-3/h7-10,15H,5-6H2,1-4H3. The summed E-state index contributed by atoms with van der Waals surface area (Å²) in [5.41, 5.74) is 1.02. The summed E-state index contributed by atoms with van der Waals surface area (Å²) in [6.07, 6.45) is 2.44. The van der Waals surface area contributed by atoms with Crippen LogP contribution in [0.4, 0.5) is 5.69 Å². The van der Waals surface area contributed by atoms with Crippen LogP contribution < -0.4 is 19.5 Å². The van der Waals surface area contributed by atoms with Crippen molar-refractivity contribution >= 4 is 5.69 Å². The minimum absolute atomic E-state index is 0.558. The number of hydrogen-bond donors (Lipinski definition) is 1. The lowest BCUT2D eigenvalue weighted by Crippen LogP contribution is -2.33. The zero-order chi connectivity index (χ0) is 13.1. The van der Waals surface area contributed by atoms with Gasteiger partial charge >= 0.3 is 0 Å². The first-order valence-electron chi connectivity index (χ1n) is 6.24. The van der Waals surface area contributed by atoms with Gasteiger partial charge in [0.25, 0.3) is 0 Å². The van der Waals surface area contributed by atoms with E-state index in [4.69, 9.17) is 14.2 Å². The molecule has 0 aliphatic heterocycles. The Labute approximate surface area is 108 Å². The molecule has 1 aromatic rings. The lowest BCUT2D eigenvalue weighted by molar-refractivity contribution is 0.308. The first kappa shape index (κ1) is 12.9. The van der Waals surface area contributed by atoms with Crippen molar-refractivity contribution in [3.63, 3.8) is 0 Å². The third-order valence-electron chi connectivity index (χ3n) is 3.41. The predicted octanol–water partition coefficient (Wildman–Crippen LogP) is 2.92. The molecule has 2 rings (SSSR count). The molecule has 0 spiro atoms. The SMILES string of the molecule is COc1cc(NC2CC(C)C2)cc(OC)c1OC. The van der Waals surface area contributed by atoms with Crippen molar-refractivity contribution in [2.24, 2.45) is 5.92 Å². The highest BCUT2D eigenvalue weighted by atomic mass is 16.5. The zero-order valence-corrected chi connectivity index (χ0v) is 11.4. The van der Waals surface area contributed by atoms with E-state index in [0.717, 1.165) is 11.6 Å². The maximum absolute atomic E-state index is 5.33. The summed E-state index contributed by atoms with van der Waals surface area (Å²) in [4.78, 5) is 0. The minimum Gasteiger partial charge on any atom is -0.493 e. The Morgan fingerprint density at radius 3 is 1.94 bits per heavy atom. The van der Waals surface area contributed by atoms with Gasteiger partial charge in [-0.05, 0) is 18.8 Å². The monoisotopic (exact) mass is 251 g/mol. The molecule has 4 heteroatoms. The fraction of sp³-hybridized carbons (Fsp3) is 0.571. The molecule has 0 heterocycles. The van der Waals surface area contributed by atoms with Gasteiger partial charge in [-0.2, -0.15) is 0 Å². The van der Waals surface area contributed by atoms with Crippen molar-refractivity contribution in [3.05, 3.63) is 12.1 Å². The minimum atomic E-state index is 0.558. The molecular weight excluding hydrogens is 230 g/mol. The van der Waals surface area contributed by atoms with E-state index in [9.17, 15) is 0 Å². The van der Waals surface area contributed by atoms with Crippen LogP contribution >= 0.6 is 0 Å². The topological polar surface area (TPSA) is 39.7 Å². The van der Waals surface area contributed by atoms with Crippen LogP contribution in [0.3, 0.4) is 0 Å². The molecule has 0 amide bonds. The third-order valence-corrected chi connectivity index (χ3v) is 3.41. The second-order valence-electron chi connectivity index (χ2n) is 4.83. The molecule has 100 valence electrons. The van der Waals surface area contributed by atoms with Crippen LogP contribution in [0.15, 0.2) is 12.1 Å². The summed E-state index contributed by atoms with van der Waals surface area (Å²) in [6.45, 7) is 2.27. The van der Waals surface area contributed by atoms with Crippen molar-refractivity contribution in [3.8, 4) is 17.2 Å². The molecule has 4 nitrogen and oxygen atoms in total. The van der Waals surface area contributed by atoms with Crippen LogP contribution in [0.5, 0.6) is 17.2 Å². The predicted molar refractivity (Wildman–Crippen MR) is 71.9 cm³/mol. The smallest absolute Gasteiger partial charge is 0.203 e. The molecule has 1 saturated carbocycles. The fourth-order valence-electron chi connectivity index (χ4n) is 2.42. The second-order valence-corrected chi connectivity index (χ2v) is 4.83. The van der Waals surface area contributed by atoms with Gasteiger partial charge in [0.1, 0.15) is 0 Å². The zero-order valence-electron chi connectivity index (χ0n) is 11.4. The Balaban J connectivity index is 2.20. The first-order valence-corrected chi connectivity index (χ1v) is 6.24. The number of rotatable bonds is 5. The molecule has 0 radical (unpaired) electrons. The molecule has 1 aromatic carbocycles. The van der Waals surface area contributed by atoms with Gasteiger partial charge in [0, 0.05) is 23.9 Å². The summed E-state index contributed by atoms with van der Waals surface area (Å²) in [6, 6.07) is 4.46. The number of benzene rings is 1. The van der Waals surface area contributed by atoms with Gasteiger partial charge in [-0.1, -0.05) is 6.92 Å². The molecule has 0 saturated heterocycles. The van der Waals surface area contributed by atoms with E-state index in [1.807, 2.05) is 12.1 Å². The Hall–Kier alpha value is -1.58. The van der Waals surface area contributed by atoms with E-state index in [-0.39, 0.29) is 0 Å². The highest BCUT2D eigenvalue weighted by Gasteiger charge is 2.25. The van der Waals surface area contributed by atoms with Gasteiger partial charge in [0.15, 0.2) is 11.5 Å². The number of hydrogen-bond acceptors (Lipinski definition) is 4. The second kappa shape index (κ2) is 5.38. The van der Waals surface area contributed by atoms with Crippen LogP contribution in [-0.4, -0.2) is 27.4 Å². The van der Waals surface area contributed by atoms with Gasteiger partial charge in [-0.15, -0.1) is 0 Å². The number of anilines is 1. The Kier molecular flexibility index (Phi) is 3.84. The van der Waals surface area contributed by atoms with E-state index in [2.05, 4.69) is 12.2 Å². The highest BCUT2D eigenvalue weighted by molar-refractivity contribution is 5.62. The van der Waals surface area contributed by atoms with Crippen LogP contribution in [0.25, 0.3) is 0 Å². The maximum Gasteiger partial charge on any atom is 0.203 e. The van der Waals surface area contributed by atoms with Gasteiger partial charge < -0.3 is 19.5 Å². The molecule has 1 N–H and O–H groups in total. The molecular formula is C14H21NO3. The maximum atomic E-state index is 5.33. The van der Waals surface area contributed by atoms with Crippen molar-refractivity contribution in [2.45, 2.75) is 25.8 Å². The normalized spacial score (nSPS) is 22.0. The Morgan fingerprint density at radius 1 is 1.00 bits per heavy atom. The Morgan fingerprint density at radius 2 is 1.56 bits per heavy atom. The van der Waals surface area contributed by atoms with Crippen LogP contribution in [-0.2, 0) is 0 Å². The molecule has 18 heavy (non-hydrogen) atoms. The van der Waals surface area contributed by atoms with Crippen molar-refractivity contribution in [1.29, 1.82) is 0 Å². The number of nitrogens with one attached hydrogen (secondary N) is 1. The molecule has 0 unspecified atom stereocenters. The van der Waals surface area contributed by atoms with E-state index >= 15 is 0 Å². The average Bonchev–Trinajstić information content (AvgIpc) is 2.35. The molecule has 0 atom stereocenters. The summed E-state index contributed by atoms with van der Waals surface area (Å²) >= 11 is 0. The summed E-state index contributed by atoms with van der Waals surface area (Å²) in [5, 5.41) is 3.49. The van der Waals surface area contributed by atoms with E-state index in [1.165, 1.54) is 12.8 Å². The van der Waals surface area contributed by atoms with Gasteiger partial charge in [-0.3, -0.25) is 0 Å². The van der Waals surface area contributed by atoms with Crippen molar-refractivity contribution in [2.75, 3.05) is 26.6 Å². The average molecular weight is 251 g/mol.